The van der Waals surface area contributed by atoms with Gasteiger partial charge >= 0.3 is 0 Å². The third kappa shape index (κ3) is 7.25. The van der Waals surface area contributed by atoms with Gasteiger partial charge in [0.15, 0.2) is 17.6 Å². The van der Waals surface area contributed by atoms with Crippen molar-refractivity contribution >= 4 is 45.8 Å². The summed E-state index contributed by atoms with van der Waals surface area (Å²) in [6, 6.07) is 6.11. The topological polar surface area (TPSA) is 112 Å². The molecule has 3 heterocycles. The van der Waals surface area contributed by atoms with Crippen molar-refractivity contribution in [3.8, 4) is 0 Å². The van der Waals surface area contributed by atoms with E-state index in [1.54, 1.807) is 18.3 Å². The van der Waals surface area contributed by atoms with Gasteiger partial charge in [0.25, 0.3) is 0 Å². The molecule has 0 radical (unpaired) electrons. The molecule has 0 amide bonds. The summed E-state index contributed by atoms with van der Waals surface area (Å²) in [5, 5.41) is 6.47. The Balaban J connectivity index is 0.00000341. The Kier molecular flexibility index (Phi) is 9.84. The number of hydrogen-bond acceptors (Lipinski definition) is 6. The van der Waals surface area contributed by atoms with Gasteiger partial charge in [0.1, 0.15) is 4.90 Å². The molecule has 3 rings (SSSR count). The molecule has 1 aliphatic rings. The summed E-state index contributed by atoms with van der Waals surface area (Å²) in [4.78, 5) is 14.4. The van der Waals surface area contributed by atoms with Crippen molar-refractivity contribution in [1.82, 2.24) is 25.3 Å². The SMILES string of the molecule is CCNC(=NCCNS(=O)(=O)c1cccnc1)NC1CCN(c2ncccc2F)C1.I. The van der Waals surface area contributed by atoms with Gasteiger partial charge in [-0.1, -0.05) is 0 Å². The molecule has 9 nitrogen and oxygen atoms in total. The molecule has 3 N–H and O–H groups in total. The largest absolute Gasteiger partial charge is 0.357 e. The van der Waals surface area contributed by atoms with Crippen molar-refractivity contribution in [3.63, 3.8) is 0 Å². The maximum atomic E-state index is 14.0. The normalized spacial score (nSPS) is 16.6. The lowest BCUT2D eigenvalue weighted by atomic mass is 10.3. The highest BCUT2D eigenvalue weighted by Gasteiger charge is 2.25. The average molecular weight is 563 g/mol. The Morgan fingerprint density at radius 3 is 2.84 bits per heavy atom. The van der Waals surface area contributed by atoms with Gasteiger partial charge in [0, 0.05) is 50.8 Å². The Hall–Kier alpha value is -2.06. The van der Waals surface area contributed by atoms with Gasteiger partial charge in [0.2, 0.25) is 10.0 Å². The standard InChI is InChI=1S/C19H26FN7O2S.HI/c1-2-22-19(24-10-11-25-30(28,29)16-5-3-8-21-13-16)26-15-7-12-27(14-15)18-17(20)6-4-9-23-18;/h3-6,8-9,13,15,25H,2,7,10-12,14H2,1H3,(H2,22,24,26);1H. The van der Waals surface area contributed by atoms with Crippen molar-refractivity contribution in [3.05, 3.63) is 48.7 Å². The van der Waals surface area contributed by atoms with Gasteiger partial charge in [0.05, 0.1) is 6.54 Å². The number of aliphatic imine (C=N–C) groups is 1. The van der Waals surface area contributed by atoms with Crippen LogP contribution in [0, 0.1) is 5.82 Å². The van der Waals surface area contributed by atoms with Crippen molar-refractivity contribution in [1.29, 1.82) is 0 Å². The number of nitrogens with one attached hydrogen (secondary N) is 3. The molecule has 2 aromatic rings. The lowest BCUT2D eigenvalue weighted by Crippen LogP contribution is -2.45. The average Bonchev–Trinajstić information content (AvgIpc) is 3.20. The van der Waals surface area contributed by atoms with E-state index in [9.17, 15) is 12.8 Å². The van der Waals surface area contributed by atoms with Crippen molar-refractivity contribution in [2.24, 2.45) is 4.99 Å². The number of halogens is 2. The molecule has 1 unspecified atom stereocenters. The molecular weight excluding hydrogens is 536 g/mol. The van der Waals surface area contributed by atoms with Crippen LogP contribution in [0.2, 0.25) is 0 Å². The van der Waals surface area contributed by atoms with Crippen LogP contribution in [0.5, 0.6) is 0 Å². The van der Waals surface area contributed by atoms with E-state index in [1.165, 1.54) is 24.5 Å². The van der Waals surface area contributed by atoms with E-state index in [-0.39, 0.29) is 53.8 Å². The number of aromatic nitrogens is 2. The van der Waals surface area contributed by atoms with Crippen molar-refractivity contribution in [2.75, 3.05) is 37.6 Å². The number of nitrogens with zero attached hydrogens (tertiary/aromatic N) is 4. The summed E-state index contributed by atoms with van der Waals surface area (Å²) in [5.41, 5.74) is 0. The summed E-state index contributed by atoms with van der Waals surface area (Å²) in [7, 11) is -3.61. The quantitative estimate of drug-likeness (QED) is 0.193. The molecule has 1 saturated heterocycles. The molecule has 0 aromatic carbocycles. The summed E-state index contributed by atoms with van der Waals surface area (Å²) in [5.74, 6) is 0.611. The third-order valence-electron chi connectivity index (χ3n) is 4.53. The second-order valence-electron chi connectivity index (χ2n) is 6.73. The minimum Gasteiger partial charge on any atom is -0.357 e. The van der Waals surface area contributed by atoms with E-state index in [1.807, 2.05) is 11.8 Å². The number of anilines is 1. The highest BCUT2D eigenvalue weighted by Crippen LogP contribution is 2.20. The van der Waals surface area contributed by atoms with Crippen LogP contribution in [0.15, 0.2) is 52.7 Å². The van der Waals surface area contributed by atoms with Crippen molar-refractivity contribution in [2.45, 2.75) is 24.3 Å². The van der Waals surface area contributed by atoms with Crippen LogP contribution in [0.1, 0.15) is 13.3 Å². The van der Waals surface area contributed by atoms with Gasteiger partial charge in [-0.15, -0.1) is 24.0 Å². The van der Waals surface area contributed by atoms with Crippen LogP contribution in [-0.4, -0.2) is 63.1 Å². The van der Waals surface area contributed by atoms with E-state index in [0.717, 1.165) is 6.42 Å². The Morgan fingerprint density at radius 1 is 1.32 bits per heavy atom. The Bertz CT molecular complexity index is 963. The zero-order chi connectivity index (χ0) is 21.4. The predicted octanol–water partition coefficient (Wildman–Crippen LogP) is 1.35. The first-order chi connectivity index (χ1) is 14.5. The first-order valence-electron chi connectivity index (χ1n) is 9.79. The van der Waals surface area contributed by atoms with E-state index in [4.69, 9.17) is 0 Å². The van der Waals surface area contributed by atoms with Gasteiger partial charge in [-0.05, 0) is 37.6 Å². The van der Waals surface area contributed by atoms with Gasteiger partial charge in [-0.25, -0.2) is 22.5 Å². The molecule has 0 bridgehead atoms. The molecule has 1 atom stereocenters. The second-order valence-corrected chi connectivity index (χ2v) is 8.50. The van der Waals surface area contributed by atoms with Crippen LogP contribution >= 0.6 is 24.0 Å². The molecule has 31 heavy (non-hydrogen) atoms. The fourth-order valence-corrected chi connectivity index (χ4v) is 4.12. The molecule has 12 heteroatoms. The molecule has 0 saturated carbocycles. The zero-order valence-electron chi connectivity index (χ0n) is 17.2. The molecule has 1 aliphatic heterocycles. The van der Waals surface area contributed by atoms with Crippen LogP contribution < -0.4 is 20.3 Å². The minimum absolute atomic E-state index is 0. The van der Waals surface area contributed by atoms with Crippen LogP contribution in [0.3, 0.4) is 0 Å². The molecule has 170 valence electrons. The summed E-state index contributed by atoms with van der Waals surface area (Å²) >= 11 is 0. The smallest absolute Gasteiger partial charge is 0.242 e. The first-order valence-corrected chi connectivity index (χ1v) is 11.3. The van der Waals surface area contributed by atoms with E-state index >= 15 is 0 Å². The molecule has 1 fully saturated rings. The molecular formula is C19H27FIN7O2S. The van der Waals surface area contributed by atoms with Gasteiger partial charge in [-0.2, -0.15) is 0 Å². The number of guanidine groups is 1. The van der Waals surface area contributed by atoms with Gasteiger partial charge < -0.3 is 15.5 Å². The van der Waals surface area contributed by atoms with Crippen LogP contribution in [0.25, 0.3) is 0 Å². The maximum absolute atomic E-state index is 14.0. The lowest BCUT2D eigenvalue weighted by molar-refractivity contribution is 0.581. The Labute approximate surface area is 199 Å². The lowest BCUT2D eigenvalue weighted by Gasteiger charge is -2.20. The zero-order valence-corrected chi connectivity index (χ0v) is 20.3. The van der Waals surface area contributed by atoms with Crippen LogP contribution in [0.4, 0.5) is 10.2 Å². The predicted molar refractivity (Wildman–Crippen MR) is 129 cm³/mol. The highest BCUT2D eigenvalue weighted by molar-refractivity contribution is 14.0. The monoisotopic (exact) mass is 563 g/mol. The number of rotatable bonds is 8. The van der Waals surface area contributed by atoms with Crippen molar-refractivity contribution < 1.29 is 12.8 Å². The minimum atomic E-state index is -3.61. The first kappa shape index (κ1) is 25.2. The summed E-state index contributed by atoms with van der Waals surface area (Å²) in [6.07, 6.45) is 5.21. The molecule has 0 aliphatic carbocycles. The van der Waals surface area contributed by atoms with Gasteiger partial charge in [-0.3, -0.25) is 9.98 Å². The molecule has 0 spiro atoms. The summed E-state index contributed by atoms with van der Waals surface area (Å²) < 4.78 is 40.9. The van der Waals surface area contributed by atoms with Crippen LogP contribution in [-0.2, 0) is 10.0 Å². The fourth-order valence-electron chi connectivity index (χ4n) is 3.13. The highest BCUT2D eigenvalue weighted by atomic mass is 127. The van der Waals surface area contributed by atoms with E-state index in [0.29, 0.717) is 31.4 Å². The Morgan fingerprint density at radius 2 is 2.13 bits per heavy atom. The summed E-state index contributed by atoms with van der Waals surface area (Å²) in [6.45, 7) is 4.33. The van der Waals surface area contributed by atoms with E-state index in [2.05, 4.69) is 30.3 Å². The number of sulfonamides is 1. The number of pyridine rings is 2. The fraction of sp³-hybridized carbons (Fsp3) is 0.421. The maximum Gasteiger partial charge on any atom is 0.242 e. The number of hydrogen-bond donors (Lipinski definition) is 3. The second kappa shape index (κ2) is 12.1. The van der Waals surface area contributed by atoms with E-state index < -0.39 is 10.0 Å². The molecule has 2 aromatic heterocycles. The third-order valence-corrected chi connectivity index (χ3v) is 5.98.